The average molecular weight is 885 g/mol. The summed E-state index contributed by atoms with van der Waals surface area (Å²) in [7, 11) is 0. The zero-order valence-corrected chi connectivity index (χ0v) is 38.4. The molecule has 0 heteroatoms. The summed E-state index contributed by atoms with van der Waals surface area (Å²) in [4.78, 5) is 0. The molecule has 0 aromatic heterocycles. The van der Waals surface area contributed by atoms with Crippen molar-refractivity contribution in [1.82, 2.24) is 0 Å². The van der Waals surface area contributed by atoms with Crippen LogP contribution in [0.1, 0.15) is 0 Å². The van der Waals surface area contributed by atoms with Gasteiger partial charge >= 0.3 is 0 Å². The largest absolute Gasteiger partial charge is 0.0616 e. The molecule has 0 saturated heterocycles. The Balaban J connectivity index is 0.957. The molecule has 0 atom stereocenters. The molecule has 0 aliphatic carbocycles. The van der Waals surface area contributed by atoms with E-state index in [1.54, 1.807) is 0 Å². The van der Waals surface area contributed by atoms with Crippen LogP contribution in [-0.2, 0) is 0 Å². The van der Waals surface area contributed by atoms with E-state index in [9.17, 15) is 0 Å². The topological polar surface area (TPSA) is 0 Å². The number of hydrogen-bond donors (Lipinski definition) is 0. The van der Waals surface area contributed by atoms with E-state index in [0.717, 1.165) is 0 Å². The lowest BCUT2D eigenvalue weighted by molar-refractivity contribution is 1.61. The van der Waals surface area contributed by atoms with Crippen LogP contribution in [0.4, 0.5) is 0 Å². The predicted octanol–water partition coefficient (Wildman–Crippen LogP) is 19.8. The third-order valence-corrected chi connectivity index (χ3v) is 14.8. The molecule has 0 nitrogen and oxygen atoms in total. The lowest BCUT2D eigenvalue weighted by Crippen LogP contribution is -1.93. The highest BCUT2D eigenvalue weighted by Gasteiger charge is 2.21. The molecule has 0 fully saturated rings. The van der Waals surface area contributed by atoms with Gasteiger partial charge in [0.15, 0.2) is 0 Å². The van der Waals surface area contributed by atoms with E-state index in [4.69, 9.17) is 0 Å². The summed E-state index contributed by atoms with van der Waals surface area (Å²) >= 11 is 0. The van der Waals surface area contributed by atoms with Crippen LogP contribution >= 0.6 is 0 Å². The molecule has 14 aromatic rings. The van der Waals surface area contributed by atoms with Crippen LogP contribution in [0.25, 0.3) is 142 Å². The van der Waals surface area contributed by atoms with Crippen molar-refractivity contribution in [3.63, 3.8) is 0 Å². The fourth-order valence-corrected chi connectivity index (χ4v) is 11.7. The van der Waals surface area contributed by atoms with Crippen LogP contribution < -0.4 is 0 Å². The van der Waals surface area contributed by atoms with Crippen LogP contribution in [0.5, 0.6) is 0 Å². The van der Waals surface area contributed by atoms with Gasteiger partial charge in [0, 0.05) is 0 Å². The molecule has 0 bridgehead atoms. The molecule has 0 unspecified atom stereocenters. The first kappa shape index (κ1) is 40.0. The Labute approximate surface area is 407 Å². The van der Waals surface area contributed by atoms with Gasteiger partial charge in [0.1, 0.15) is 0 Å². The normalized spacial score (nSPS) is 11.7. The quantitative estimate of drug-likeness (QED) is 0.146. The first-order valence-corrected chi connectivity index (χ1v) is 24.3. The molecule has 0 heterocycles. The summed E-state index contributed by atoms with van der Waals surface area (Å²) in [5.74, 6) is 0. The highest BCUT2D eigenvalue weighted by Crippen LogP contribution is 2.48. The van der Waals surface area contributed by atoms with Crippen molar-refractivity contribution in [1.29, 1.82) is 0 Å². The Morgan fingerprint density at radius 1 is 0.157 bits per heavy atom. The Morgan fingerprint density at radius 2 is 0.543 bits per heavy atom. The maximum absolute atomic E-state index is 2.40. The fraction of sp³-hybridized carbons (Fsp3) is 0. The average Bonchev–Trinajstić information content (AvgIpc) is 3.43. The second-order valence-corrected chi connectivity index (χ2v) is 18.6. The van der Waals surface area contributed by atoms with E-state index in [1.807, 2.05) is 0 Å². The third kappa shape index (κ3) is 6.38. The van der Waals surface area contributed by atoms with Crippen molar-refractivity contribution in [2.75, 3.05) is 0 Å². The van der Waals surface area contributed by atoms with Gasteiger partial charge in [-0.1, -0.05) is 255 Å². The molecule has 14 rings (SSSR count). The Hall–Kier alpha value is -9.10. The minimum absolute atomic E-state index is 1.19. The van der Waals surface area contributed by atoms with Gasteiger partial charge in [0.05, 0.1) is 0 Å². The Kier molecular flexibility index (Phi) is 9.32. The second-order valence-electron chi connectivity index (χ2n) is 18.6. The van der Waals surface area contributed by atoms with Gasteiger partial charge < -0.3 is 0 Å². The van der Waals surface area contributed by atoms with Gasteiger partial charge in [-0.3, -0.25) is 0 Å². The van der Waals surface area contributed by atoms with E-state index in [0.29, 0.717) is 0 Å². The molecule has 0 saturated carbocycles. The Bertz CT molecular complexity index is 4260. The third-order valence-electron chi connectivity index (χ3n) is 14.8. The SMILES string of the molecule is c1cc(-c2ccc(-c3c4ccccc4c(-c4ccc5ccccc5c4)c4ccccc34)c3ccccc23)cc(-c2ccc(-c3cccc4ccccc34)c3c(-c4cccc5ccccc45)cccc23)c1. The highest BCUT2D eigenvalue weighted by atomic mass is 14.2. The summed E-state index contributed by atoms with van der Waals surface area (Å²) in [6.07, 6.45) is 0. The summed E-state index contributed by atoms with van der Waals surface area (Å²) in [6, 6.07) is 99.0. The second kappa shape index (κ2) is 16.3. The highest BCUT2D eigenvalue weighted by molar-refractivity contribution is 6.25. The van der Waals surface area contributed by atoms with Gasteiger partial charge in [-0.2, -0.15) is 0 Å². The summed E-state index contributed by atoms with van der Waals surface area (Å²) in [6.45, 7) is 0. The molecular weight excluding hydrogens is 841 g/mol. The van der Waals surface area contributed by atoms with Gasteiger partial charge in [0.25, 0.3) is 0 Å². The molecule has 0 spiro atoms. The zero-order chi connectivity index (χ0) is 46.1. The molecule has 0 aliphatic heterocycles. The van der Waals surface area contributed by atoms with Crippen molar-refractivity contribution < 1.29 is 0 Å². The minimum Gasteiger partial charge on any atom is -0.0616 e. The minimum atomic E-state index is 1.19. The van der Waals surface area contributed by atoms with Crippen molar-refractivity contribution in [3.8, 4) is 66.8 Å². The first-order valence-electron chi connectivity index (χ1n) is 24.3. The van der Waals surface area contributed by atoms with Crippen molar-refractivity contribution in [2.24, 2.45) is 0 Å². The van der Waals surface area contributed by atoms with E-state index < -0.39 is 0 Å². The van der Waals surface area contributed by atoms with Crippen LogP contribution in [0.3, 0.4) is 0 Å². The summed E-state index contributed by atoms with van der Waals surface area (Å²) in [5, 5.41) is 17.5. The maximum atomic E-state index is 2.40. The van der Waals surface area contributed by atoms with E-state index in [2.05, 4.69) is 267 Å². The predicted molar refractivity (Wildman–Crippen MR) is 302 cm³/mol. The van der Waals surface area contributed by atoms with E-state index in [1.165, 1.54) is 142 Å². The monoisotopic (exact) mass is 884 g/mol. The lowest BCUT2D eigenvalue weighted by Gasteiger charge is -2.20. The summed E-state index contributed by atoms with van der Waals surface area (Å²) in [5.41, 5.74) is 14.8. The van der Waals surface area contributed by atoms with Crippen molar-refractivity contribution >= 4 is 75.4 Å². The molecular formula is C70H44. The smallest absolute Gasteiger partial charge is 0.00201 e. The van der Waals surface area contributed by atoms with Crippen LogP contribution in [0.2, 0.25) is 0 Å². The number of hydrogen-bond acceptors (Lipinski definition) is 0. The van der Waals surface area contributed by atoms with Crippen LogP contribution in [0, 0.1) is 0 Å². The molecule has 14 aromatic carbocycles. The van der Waals surface area contributed by atoms with Crippen molar-refractivity contribution in [2.45, 2.75) is 0 Å². The molecule has 324 valence electrons. The molecule has 0 radical (unpaired) electrons. The lowest BCUT2D eigenvalue weighted by atomic mass is 9.83. The molecule has 0 amide bonds. The maximum Gasteiger partial charge on any atom is -0.00201 e. The number of fused-ring (bicyclic) bond motifs is 7. The fourth-order valence-electron chi connectivity index (χ4n) is 11.7. The Morgan fingerprint density at radius 3 is 1.16 bits per heavy atom. The van der Waals surface area contributed by atoms with Gasteiger partial charge in [-0.15, -0.1) is 0 Å². The van der Waals surface area contributed by atoms with Crippen LogP contribution in [0.15, 0.2) is 267 Å². The first-order chi connectivity index (χ1) is 34.7. The van der Waals surface area contributed by atoms with Gasteiger partial charge in [-0.25, -0.2) is 0 Å². The standard InChI is InChI=1S/C70H44/c1-2-20-48-43-51(38-37-45(48)17-1)68-62-29-9-11-31-64(62)70(65-32-12-10-30-63(65)68)67-41-39-54(56-27-7-8-28-59(56)67)49-23-13-24-50(44-49)55-40-42-66(58-34-15-22-47-19-4-6-26-53(47)58)69-60(55)35-16-36-61(69)57-33-14-21-46-18-3-5-25-52(46)57/h1-44H. The zero-order valence-electron chi connectivity index (χ0n) is 38.4. The van der Waals surface area contributed by atoms with Gasteiger partial charge in [-0.05, 0) is 154 Å². The van der Waals surface area contributed by atoms with Crippen molar-refractivity contribution in [3.05, 3.63) is 267 Å². The molecule has 0 aliphatic rings. The summed E-state index contributed by atoms with van der Waals surface area (Å²) < 4.78 is 0. The van der Waals surface area contributed by atoms with E-state index in [-0.39, 0.29) is 0 Å². The molecule has 70 heavy (non-hydrogen) atoms. The van der Waals surface area contributed by atoms with Gasteiger partial charge in [0.2, 0.25) is 0 Å². The molecule has 0 N–H and O–H groups in total. The van der Waals surface area contributed by atoms with Crippen LogP contribution in [-0.4, -0.2) is 0 Å². The van der Waals surface area contributed by atoms with E-state index >= 15 is 0 Å². The number of rotatable bonds is 6. The number of benzene rings is 14.